The second-order valence-corrected chi connectivity index (χ2v) is 5.24. The van der Waals surface area contributed by atoms with E-state index >= 15 is 0 Å². The summed E-state index contributed by atoms with van der Waals surface area (Å²) >= 11 is -1.41. The predicted molar refractivity (Wildman–Crippen MR) is 73.1 cm³/mol. The van der Waals surface area contributed by atoms with Crippen LogP contribution in [0.4, 0.5) is 0 Å². The maximum Gasteiger partial charge on any atom is 0.316 e. The molecule has 0 saturated heterocycles. The molecule has 1 unspecified atom stereocenters. The zero-order chi connectivity index (χ0) is 12.2. The monoisotopic (exact) mass is 271 g/mol. The third-order valence-corrected chi connectivity index (χ3v) is 3.42. The second-order valence-electron chi connectivity index (χ2n) is 4.06. The number of rotatable bonds is 10. The maximum absolute atomic E-state index is 11.1. The van der Waals surface area contributed by atoms with E-state index in [1.54, 1.807) is 0 Å². The van der Waals surface area contributed by atoms with Crippen molar-refractivity contribution in [1.29, 1.82) is 0 Å². The van der Waals surface area contributed by atoms with E-state index < -0.39 is 17.0 Å². The first kappa shape index (κ1) is 19.9. The van der Waals surface area contributed by atoms with Crippen LogP contribution in [-0.4, -0.2) is 45.5 Å². The van der Waals surface area contributed by atoms with Gasteiger partial charge in [0.15, 0.2) is 0 Å². The van der Waals surface area contributed by atoms with Crippen molar-refractivity contribution in [3.05, 3.63) is 0 Å². The summed E-state index contributed by atoms with van der Waals surface area (Å²) in [6.45, 7) is 3.50. The van der Waals surface area contributed by atoms with Crippen molar-refractivity contribution in [3.63, 3.8) is 0 Å². The molecule has 5 heteroatoms. The van der Waals surface area contributed by atoms with Gasteiger partial charge in [0.25, 0.3) is 0 Å². The first-order chi connectivity index (χ1) is 7.66. The van der Waals surface area contributed by atoms with Crippen LogP contribution in [0.5, 0.6) is 0 Å². The molecule has 0 aliphatic carbocycles. The molecular weight excluding hydrogens is 247 g/mol. The summed E-state index contributed by atoms with van der Waals surface area (Å²) in [6, 6.07) is 0. The average molecular weight is 271 g/mol. The van der Waals surface area contributed by atoms with Gasteiger partial charge in [-0.3, -0.25) is 4.79 Å². The van der Waals surface area contributed by atoms with Gasteiger partial charge in [-0.25, -0.2) is 4.21 Å². The molecule has 0 aliphatic heterocycles. The van der Waals surface area contributed by atoms with Crippen molar-refractivity contribution >= 4 is 46.6 Å². The molecule has 0 bridgehead atoms. The van der Waals surface area contributed by atoms with Gasteiger partial charge in [-0.2, -0.15) is 0 Å². The fourth-order valence-electron chi connectivity index (χ4n) is 1.53. The Labute approximate surface area is 130 Å². The molecule has 0 spiro atoms. The predicted octanol–water partition coefficient (Wildman–Crippen LogP) is 2.97. The third kappa shape index (κ3) is 16.6. The van der Waals surface area contributed by atoms with Crippen LogP contribution in [-0.2, 0) is 20.1 Å². The van der Waals surface area contributed by atoms with E-state index in [0.29, 0.717) is 5.75 Å². The summed E-state index contributed by atoms with van der Waals surface area (Å²) in [5.74, 6) is 0.0204. The number of carbonyl (C=O) groups is 1. The van der Waals surface area contributed by atoms with Gasteiger partial charge in [-0.05, 0) is 6.42 Å². The molecule has 17 heavy (non-hydrogen) atoms. The summed E-state index contributed by atoms with van der Waals surface area (Å²) in [5.41, 5.74) is 0. The van der Waals surface area contributed by atoms with Crippen molar-refractivity contribution in [2.75, 3.05) is 5.75 Å². The molecule has 0 rings (SSSR count). The van der Waals surface area contributed by atoms with Gasteiger partial charge in [0.05, 0.1) is 5.75 Å². The van der Waals surface area contributed by atoms with Crippen molar-refractivity contribution in [2.45, 2.75) is 65.2 Å². The van der Waals surface area contributed by atoms with Gasteiger partial charge < -0.3 is 4.18 Å². The molecule has 1 radical (unpaired) electrons. The van der Waals surface area contributed by atoms with Crippen LogP contribution in [0.1, 0.15) is 65.2 Å². The minimum Gasteiger partial charge on any atom is -0.364 e. The van der Waals surface area contributed by atoms with Crippen LogP contribution in [0.15, 0.2) is 0 Å². The quantitative estimate of drug-likeness (QED) is 0.453. The Bertz CT molecular complexity index is 210. The van der Waals surface area contributed by atoms with Crippen LogP contribution < -0.4 is 0 Å². The molecule has 3 nitrogen and oxygen atoms in total. The van der Waals surface area contributed by atoms with E-state index in [9.17, 15) is 9.00 Å². The third-order valence-electron chi connectivity index (χ3n) is 2.37. The summed E-state index contributed by atoms with van der Waals surface area (Å²) in [4.78, 5) is 10.5. The van der Waals surface area contributed by atoms with Crippen molar-refractivity contribution in [1.82, 2.24) is 0 Å². The maximum atomic E-state index is 11.1. The smallest absolute Gasteiger partial charge is 0.316 e. The van der Waals surface area contributed by atoms with Crippen molar-refractivity contribution in [3.8, 4) is 0 Å². The molecule has 0 fully saturated rings. The van der Waals surface area contributed by atoms with Crippen LogP contribution in [0.2, 0.25) is 0 Å². The van der Waals surface area contributed by atoms with Crippen LogP contribution in [0, 0.1) is 0 Å². The van der Waals surface area contributed by atoms with Gasteiger partial charge in [0.2, 0.25) is 11.1 Å². The Morgan fingerprint density at radius 2 is 1.47 bits per heavy atom. The van der Waals surface area contributed by atoms with Gasteiger partial charge in [0, 0.05) is 36.5 Å². The van der Waals surface area contributed by atoms with E-state index in [1.165, 1.54) is 45.4 Å². The minimum atomic E-state index is -1.41. The Balaban J connectivity index is 0. The molecule has 0 aromatic heterocycles. The molecular formula is C12H24NaO3S. The zero-order valence-electron chi connectivity index (χ0n) is 11.5. The second kappa shape index (κ2) is 14.7. The van der Waals surface area contributed by atoms with Crippen LogP contribution in [0.3, 0.4) is 0 Å². The summed E-state index contributed by atoms with van der Waals surface area (Å²) in [7, 11) is 0. The molecule has 0 aliphatic rings. The van der Waals surface area contributed by atoms with Gasteiger partial charge in [-0.1, -0.05) is 51.9 Å². The fourth-order valence-corrected chi connectivity index (χ4v) is 2.31. The van der Waals surface area contributed by atoms with E-state index in [4.69, 9.17) is 0 Å². The van der Waals surface area contributed by atoms with E-state index in [0.717, 1.165) is 12.8 Å². The Kier molecular flexibility index (Phi) is 17.2. The minimum absolute atomic E-state index is 0. The van der Waals surface area contributed by atoms with E-state index in [2.05, 4.69) is 11.1 Å². The first-order valence-corrected chi connectivity index (χ1v) is 7.48. The average Bonchev–Trinajstić information content (AvgIpc) is 2.21. The summed E-state index contributed by atoms with van der Waals surface area (Å²) in [5, 5.41) is 0. The zero-order valence-corrected chi connectivity index (χ0v) is 14.3. The van der Waals surface area contributed by atoms with Crippen LogP contribution >= 0.6 is 0 Å². The number of unbranched alkanes of at least 4 members (excludes halogenated alkanes) is 7. The molecule has 0 aromatic rings. The van der Waals surface area contributed by atoms with E-state index in [-0.39, 0.29) is 29.6 Å². The standard InChI is InChI=1S/C12H24O3S.Na/c1-3-4-5-6-7-8-9-10-11-16(14)15-12(2)13;/h3-11H2,1-2H3;. The topological polar surface area (TPSA) is 43.4 Å². The van der Waals surface area contributed by atoms with Crippen molar-refractivity contribution < 1.29 is 13.2 Å². The summed E-state index contributed by atoms with van der Waals surface area (Å²) < 4.78 is 15.6. The van der Waals surface area contributed by atoms with E-state index in [1.807, 2.05) is 0 Å². The fraction of sp³-hybridized carbons (Fsp3) is 0.917. The molecule has 0 amide bonds. The summed E-state index contributed by atoms with van der Waals surface area (Å²) in [6.07, 6.45) is 9.67. The molecule has 0 heterocycles. The van der Waals surface area contributed by atoms with Gasteiger partial charge >= 0.3 is 5.97 Å². The SMILES string of the molecule is CCCCCCCCCCS(=O)OC(C)=O.[Na]. The molecule has 0 aromatic carbocycles. The van der Waals surface area contributed by atoms with Crippen LogP contribution in [0.25, 0.3) is 0 Å². The Morgan fingerprint density at radius 1 is 1.00 bits per heavy atom. The number of hydrogen-bond donors (Lipinski definition) is 0. The van der Waals surface area contributed by atoms with Gasteiger partial charge in [0.1, 0.15) is 0 Å². The normalized spacial score (nSPS) is 11.6. The molecule has 97 valence electrons. The molecule has 0 N–H and O–H groups in total. The molecule has 1 atom stereocenters. The number of carbonyl (C=O) groups excluding carboxylic acids is 1. The largest absolute Gasteiger partial charge is 0.364 e. The first-order valence-electron chi connectivity index (χ1n) is 6.24. The Hall–Kier alpha value is 0.620. The molecule has 0 saturated carbocycles. The Morgan fingerprint density at radius 3 is 1.94 bits per heavy atom. The number of hydrogen-bond acceptors (Lipinski definition) is 3. The van der Waals surface area contributed by atoms with Gasteiger partial charge in [-0.15, -0.1) is 0 Å². The van der Waals surface area contributed by atoms with Crippen molar-refractivity contribution in [2.24, 2.45) is 0 Å².